The summed E-state index contributed by atoms with van der Waals surface area (Å²) in [5, 5.41) is 9.07. The van der Waals surface area contributed by atoms with Gasteiger partial charge in [-0.05, 0) is 18.6 Å². The molecule has 0 radical (unpaired) electrons. The molecule has 0 heterocycles. The van der Waals surface area contributed by atoms with Crippen LogP contribution in [0.5, 0.6) is 11.5 Å². The minimum absolute atomic E-state index is 0.0204. The van der Waals surface area contributed by atoms with Gasteiger partial charge in [-0.2, -0.15) is 0 Å². The third-order valence-corrected chi connectivity index (χ3v) is 4.54. The Morgan fingerprint density at radius 2 is 1.92 bits per heavy atom. The van der Waals surface area contributed by atoms with E-state index in [4.69, 9.17) is 14.6 Å². The topological polar surface area (TPSA) is 59.0 Å². The Morgan fingerprint density at radius 3 is 2.50 bits per heavy atom. The molecule has 24 heavy (non-hydrogen) atoms. The van der Waals surface area contributed by atoms with Crippen LogP contribution in [0.25, 0.3) is 0 Å². The SMILES string of the molecule is COc1cc(OC)c(Sc2ccccc2)c(N(C=O)CCCO)c1. The maximum absolute atomic E-state index is 11.6. The third kappa shape index (κ3) is 4.43. The molecule has 2 rings (SSSR count). The maximum atomic E-state index is 11.6. The van der Waals surface area contributed by atoms with Gasteiger partial charge in [-0.15, -0.1) is 0 Å². The summed E-state index contributed by atoms with van der Waals surface area (Å²) in [6.07, 6.45) is 1.26. The minimum Gasteiger partial charge on any atom is -0.497 e. The van der Waals surface area contributed by atoms with E-state index >= 15 is 0 Å². The van der Waals surface area contributed by atoms with Gasteiger partial charge in [-0.1, -0.05) is 30.0 Å². The van der Waals surface area contributed by atoms with Crippen LogP contribution in [0.3, 0.4) is 0 Å². The molecule has 0 aliphatic heterocycles. The van der Waals surface area contributed by atoms with Gasteiger partial charge in [-0.25, -0.2) is 0 Å². The van der Waals surface area contributed by atoms with E-state index < -0.39 is 0 Å². The molecule has 0 aromatic heterocycles. The van der Waals surface area contributed by atoms with Crippen molar-refractivity contribution in [2.24, 2.45) is 0 Å². The number of benzene rings is 2. The average molecular weight is 347 g/mol. The van der Waals surface area contributed by atoms with Gasteiger partial charge in [0.05, 0.1) is 24.8 Å². The minimum atomic E-state index is 0.0204. The summed E-state index contributed by atoms with van der Waals surface area (Å²) < 4.78 is 10.8. The van der Waals surface area contributed by atoms with Crippen molar-refractivity contribution in [1.82, 2.24) is 0 Å². The number of nitrogens with zero attached hydrogens (tertiary/aromatic N) is 1. The van der Waals surface area contributed by atoms with Gasteiger partial charge in [0, 0.05) is 30.2 Å². The van der Waals surface area contributed by atoms with Gasteiger partial charge < -0.3 is 19.5 Å². The highest BCUT2D eigenvalue weighted by Gasteiger charge is 2.18. The molecule has 0 aliphatic carbocycles. The number of hydrogen-bond donors (Lipinski definition) is 1. The molecular weight excluding hydrogens is 326 g/mol. The van der Waals surface area contributed by atoms with Crippen LogP contribution in [-0.2, 0) is 4.79 Å². The Balaban J connectivity index is 2.49. The quantitative estimate of drug-likeness (QED) is 0.706. The number of hydrogen-bond acceptors (Lipinski definition) is 5. The van der Waals surface area contributed by atoms with Crippen molar-refractivity contribution in [3.63, 3.8) is 0 Å². The third-order valence-electron chi connectivity index (χ3n) is 3.42. The van der Waals surface area contributed by atoms with Gasteiger partial charge in [0.1, 0.15) is 11.5 Å². The largest absolute Gasteiger partial charge is 0.497 e. The van der Waals surface area contributed by atoms with Crippen molar-refractivity contribution in [2.45, 2.75) is 16.2 Å². The molecule has 2 aromatic rings. The van der Waals surface area contributed by atoms with Crippen LogP contribution < -0.4 is 14.4 Å². The van der Waals surface area contributed by atoms with Crippen LogP contribution in [0.1, 0.15) is 6.42 Å². The second-order valence-electron chi connectivity index (χ2n) is 4.97. The smallest absolute Gasteiger partial charge is 0.214 e. The molecule has 1 amide bonds. The van der Waals surface area contributed by atoms with E-state index in [0.29, 0.717) is 30.2 Å². The number of amides is 1. The lowest BCUT2D eigenvalue weighted by atomic mass is 10.2. The van der Waals surface area contributed by atoms with Gasteiger partial charge in [0.2, 0.25) is 6.41 Å². The Labute approximate surface area is 146 Å². The molecule has 1 N–H and O–H groups in total. The summed E-state index contributed by atoms with van der Waals surface area (Å²) in [5.41, 5.74) is 0.698. The van der Waals surface area contributed by atoms with Gasteiger partial charge in [-0.3, -0.25) is 4.79 Å². The molecule has 6 heteroatoms. The van der Waals surface area contributed by atoms with Gasteiger partial charge >= 0.3 is 0 Å². The van der Waals surface area contributed by atoms with Crippen LogP contribution in [0.15, 0.2) is 52.3 Å². The number of aliphatic hydroxyl groups is 1. The normalized spacial score (nSPS) is 10.3. The summed E-state index contributed by atoms with van der Waals surface area (Å²) in [6, 6.07) is 13.5. The van der Waals surface area contributed by atoms with Crippen LogP contribution in [-0.4, -0.2) is 38.9 Å². The molecule has 0 bridgehead atoms. The van der Waals surface area contributed by atoms with E-state index in [1.807, 2.05) is 30.3 Å². The Kier molecular flexibility index (Phi) is 6.96. The molecule has 0 aliphatic rings. The van der Waals surface area contributed by atoms with E-state index in [1.165, 1.54) is 11.8 Å². The van der Waals surface area contributed by atoms with Crippen molar-refractivity contribution in [3.05, 3.63) is 42.5 Å². The first-order chi connectivity index (χ1) is 11.7. The summed E-state index contributed by atoms with van der Waals surface area (Å²) in [7, 11) is 3.16. The molecule has 0 spiro atoms. The zero-order chi connectivity index (χ0) is 17.4. The van der Waals surface area contributed by atoms with Crippen LogP contribution in [0, 0.1) is 0 Å². The zero-order valence-electron chi connectivity index (χ0n) is 13.8. The highest BCUT2D eigenvalue weighted by Crippen LogP contribution is 2.44. The fourth-order valence-electron chi connectivity index (χ4n) is 2.23. The summed E-state index contributed by atoms with van der Waals surface area (Å²) in [4.78, 5) is 15.0. The fraction of sp³-hybridized carbons (Fsp3) is 0.278. The number of anilines is 1. The molecule has 5 nitrogen and oxygen atoms in total. The molecule has 2 aromatic carbocycles. The van der Waals surface area contributed by atoms with Crippen LogP contribution in [0.4, 0.5) is 5.69 Å². The monoisotopic (exact) mass is 347 g/mol. The van der Waals surface area contributed by atoms with E-state index in [0.717, 1.165) is 16.2 Å². The van der Waals surface area contributed by atoms with Crippen LogP contribution >= 0.6 is 11.8 Å². The summed E-state index contributed by atoms with van der Waals surface area (Å²) in [5.74, 6) is 1.24. The molecule has 128 valence electrons. The molecule has 0 saturated heterocycles. The first-order valence-electron chi connectivity index (χ1n) is 7.55. The number of ether oxygens (including phenoxy) is 2. The summed E-state index contributed by atoms with van der Waals surface area (Å²) >= 11 is 1.52. The lowest BCUT2D eigenvalue weighted by Crippen LogP contribution is -2.24. The van der Waals surface area contributed by atoms with Crippen molar-refractivity contribution < 1.29 is 19.4 Å². The lowest BCUT2D eigenvalue weighted by Gasteiger charge is -2.23. The van der Waals surface area contributed by atoms with Crippen molar-refractivity contribution in [3.8, 4) is 11.5 Å². The number of rotatable bonds is 9. The highest BCUT2D eigenvalue weighted by molar-refractivity contribution is 7.99. The second-order valence-corrected chi connectivity index (χ2v) is 6.05. The van der Waals surface area contributed by atoms with Gasteiger partial charge in [0.15, 0.2) is 0 Å². The standard InChI is InChI=1S/C18H21NO4S/c1-22-14-11-16(19(13-21)9-6-10-20)18(17(12-14)23-2)24-15-7-4-3-5-8-15/h3-5,7-8,11-13,20H,6,9-10H2,1-2H3. The molecular formula is C18H21NO4S. The number of methoxy groups -OCH3 is 2. The predicted octanol–water partition coefficient (Wildman–Crippen LogP) is 3.20. The molecule has 0 saturated carbocycles. The lowest BCUT2D eigenvalue weighted by molar-refractivity contribution is -0.107. The second kappa shape index (κ2) is 9.20. The first-order valence-corrected chi connectivity index (χ1v) is 8.36. The summed E-state index contributed by atoms with van der Waals surface area (Å²) in [6.45, 7) is 0.436. The molecule has 0 unspecified atom stereocenters. The number of aliphatic hydroxyl groups excluding tert-OH is 1. The van der Waals surface area contributed by atoms with Gasteiger partial charge in [0.25, 0.3) is 0 Å². The first kappa shape index (κ1) is 18.2. The fourth-order valence-corrected chi connectivity index (χ4v) is 3.28. The van der Waals surface area contributed by atoms with Crippen LogP contribution in [0.2, 0.25) is 0 Å². The van der Waals surface area contributed by atoms with Crippen molar-refractivity contribution in [2.75, 3.05) is 32.3 Å². The highest BCUT2D eigenvalue weighted by atomic mass is 32.2. The predicted molar refractivity (Wildman–Crippen MR) is 95.2 cm³/mol. The Morgan fingerprint density at radius 1 is 1.17 bits per heavy atom. The Hall–Kier alpha value is -2.18. The maximum Gasteiger partial charge on any atom is 0.214 e. The average Bonchev–Trinajstić information content (AvgIpc) is 2.64. The molecule has 0 atom stereocenters. The van der Waals surface area contributed by atoms with Crippen molar-refractivity contribution >= 4 is 23.9 Å². The zero-order valence-corrected chi connectivity index (χ0v) is 14.6. The number of carbonyl (C=O) groups excluding carboxylic acids is 1. The van der Waals surface area contributed by atoms with Crippen molar-refractivity contribution in [1.29, 1.82) is 0 Å². The van der Waals surface area contributed by atoms with E-state index in [2.05, 4.69) is 0 Å². The number of carbonyl (C=O) groups is 1. The van der Waals surface area contributed by atoms with E-state index in [9.17, 15) is 4.79 Å². The van der Waals surface area contributed by atoms with E-state index in [-0.39, 0.29) is 6.61 Å². The Bertz CT molecular complexity index is 664. The van der Waals surface area contributed by atoms with E-state index in [1.54, 1.807) is 31.3 Å². The molecule has 0 fully saturated rings.